The number of nitrogens with zero attached hydrogens (tertiary/aromatic N) is 5. The number of benzene rings is 1. The largest absolute Gasteiger partial charge is 0.493 e. The number of carboxylic acid groups (broad SMARTS) is 1. The third kappa shape index (κ3) is 2.43. The van der Waals surface area contributed by atoms with Crippen LogP contribution in [0.25, 0.3) is 5.65 Å². The highest BCUT2D eigenvalue weighted by Gasteiger charge is 2.12. The number of carboxylic acids is 1. The number of fused-ring (bicyclic) bond motifs is 1. The van der Waals surface area contributed by atoms with Crippen LogP contribution < -0.4 is 9.47 Å². The number of aromatic carboxylic acids is 1. The van der Waals surface area contributed by atoms with Gasteiger partial charge in [0.05, 0.1) is 12.7 Å². The molecule has 1 N–H and O–H groups in total. The smallest absolute Gasteiger partial charge is 0.335 e. The van der Waals surface area contributed by atoms with E-state index in [9.17, 15) is 4.79 Å². The van der Waals surface area contributed by atoms with E-state index in [1.165, 1.54) is 29.9 Å². The summed E-state index contributed by atoms with van der Waals surface area (Å²) in [4.78, 5) is 11.0. The molecule has 0 fully saturated rings. The molecule has 0 radical (unpaired) electrons. The molecule has 3 aromatic rings. The molecule has 0 aliphatic carbocycles. The van der Waals surface area contributed by atoms with E-state index in [-0.39, 0.29) is 17.2 Å². The van der Waals surface area contributed by atoms with E-state index in [2.05, 4.69) is 20.6 Å². The molecule has 3 rings (SSSR count). The van der Waals surface area contributed by atoms with Crippen LogP contribution in [-0.4, -0.2) is 43.4 Å². The van der Waals surface area contributed by atoms with Crippen LogP contribution in [0.15, 0.2) is 30.3 Å². The molecular weight excluding hydrogens is 278 g/mol. The number of methoxy groups -OCH3 is 1. The molecule has 0 saturated carbocycles. The molecule has 0 saturated heterocycles. The normalized spacial score (nSPS) is 10.5. The van der Waals surface area contributed by atoms with Crippen LogP contribution in [0.4, 0.5) is 0 Å². The summed E-state index contributed by atoms with van der Waals surface area (Å²) in [5.74, 6) is -0.238. The standard InChI is InChI=1S/C12H9N5O4/c1-20-8-3-2-7(12(18)19)6-9(8)21-11-5-4-10-13-15-16-17(10)14-11/h2-6H,1H3,(H,18,19). The van der Waals surface area contributed by atoms with Gasteiger partial charge in [-0.15, -0.1) is 14.8 Å². The lowest BCUT2D eigenvalue weighted by Crippen LogP contribution is -2.00. The number of carbonyl (C=O) groups is 1. The van der Waals surface area contributed by atoms with E-state index in [1.54, 1.807) is 12.1 Å². The van der Waals surface area contributed by atoms with Gasteiger partial charge < -0.3 is 14.6 Å². The van der Waals surface area contributed by atoms with Crippen molar-refractivity contribution in [1.82, 2.24) is 25.3 Å². The Morgan fingerprint density at radius 2 is 2.10 bits per heavy atom. The van der Waals surface area contributed by atoms with Gasteiger partial charge in [-0.05, 0) is 34.7 Å². The van der Waals surface area contributed by atoms with Crippen LogP contribution in [0.1, 0.15) is 10.4 Å². The minimum atomic E-state index is -1.06. The van der Waals surface area contributed by atoms with Crippen LogP contribution in [0, 0.1) is 0 Å². The molecule has 0 atom stereocenters. The molecule has 2 heterocycles. The van der Waals surface area contributed by atoms with E-state index < -0.39 is 5.97 Å². The topological polar surface area (TPSA) is 112 Å². The van der Waals surface area contributed by atoms with Crippen molar-refractivity contribution < 1.29 is 19.4 Å². The molecule has 0 unspecified atom stereocenters. The summed E-state index contributed by atoms with van der Waals surface area (Å²) < 4.78 is 11.9. The molecule has 1 aromatic carbocycles. The maximum atomic E-state index is 11.0. The molecule has 0 aliphatic heterocycles. The predicted molar refractivity (Wildman–Crippen MR) is 68.6 cm³/mol. The lowest BCUT2D eigenvalue weighted by Gasteiger charge is -2.10. The van der Waals surface area contributed by atoms with E-state index >= 15 is 0 Å². The van der Waals surface area contributed by atoms with Crippen molar-refractivity contribution in [3.05, 3.63) is 35.9 Å². The second-order valence-corrected chi connectivity index (χ2v) is 3.97. The predicted octanol–water partition coefficient (Wildman–Crippen LogP) is 1.02. The first kappa shape index (κ1) is 12.8. The van der Waals surface area contributed by atoms with Crippen molar-refractivity contribution in [2.75, 3.05) is 7.11 Å². The van der Waals surface area contributed by atoms with Gasteiger partial charge in [-0.3, -0.25) is 0 Å². The zero-order valence-corrected chi connectivity index (χ0v) is 10.8. The number of rotatable bonds is 4. The Labute approximate surface area is 117 Å². The summed E-state index contributed by atoms with van der Waals surface area (Å²) >= 11 is 0. The molecular formula is C12H9N5O4. The summed E-state index contributed by atoms with van der Waals surface area (Å²) in [7, 11) is 1.46. The summed E-state index contributed by atoms with van der Waals surface area (Å²) in [6.07, 6.45) is 0. The van der Waals surface area contributed by atoms with Crippen molar-refractivity contribution >= 4 is 11.6 Å². The van der Waals surface area contributed by atoms with E-state index in [0.29, 0.717) is 11.4 Å². The molecule has 21 heavy (non-hydrogen) atoms. The Morgan fingerprint density at radius 1 is 1.24 bits per heavy atom. The Kier molecular flexibility index (Phi) is 3.07. The molecule has 106 valence electrons. The van der Waals surface area contributed by atoms with Crippen LogP contribution in [0.5, 0.6) is 17.4 Å². The first-order valence-corrected chi connectivity index (χ1v) is 5.82. The fraction of sp³-hybridized carbons (Fsp3) is 0.0833. The molecule has 2 aromatic heterocycles. The molecule has 9 heteroatoms. The summed E-state index contributed by atoms with van der Waals surface area (Å²) in [5.41, 5.74) is 0.544. The highest BCUT2D eigenvalue weighted by atomic mass is 16.5. The Hall–Kier alpha value is -3.23. The van der Waals surface area contributed by atoms with Crippen molar-refractivity contribution in [3.63, 3.8) is 0 Å². The van der Waals surface area contributed by atoms with Gasteiger partial charge >= 0.3 is 5.97 Å². The fourth-order valence-electron chi connectivity index (χ4n) is 1.69. The SMILES string of the molecule is COc1ccc(C(=O)O)cc1Oc1ccc2nnnn2n1. The lowest BCUT2D eigenvalue weighted by atomic mass is 10.2. The highest BCUT2D eigenvalue weighted by molar-refractivity contribution is 5.88. The molecule has 9 nitrogen and oxygen atoms in total. The molecule has 0 amide bonds. The van der Waals surface area contributed by atoms with Crippen molar-refractivity contribution in [3.8, 4) is 17.4 Å². The average Bonchev–Trinajstić information content (AvgIpc) is 2.94. The van der Waals surface area contributed by atoms with Gasteiger partial charge in [-0.1, -0.05) is 0 Å². The van der Waals surface area contributed by atoms with Gasteiger partial charge in [0.15, 0.2) is 17.1 Å². The van der Waals surface area contributed by atoms with E-state index in [1.807, 2.05) is 0 Å². The average molecular weight is 287 g/mol. The van der Waals surface area contributed by atoms with Crippen LogP contribution in [-0.2, 0) is 0 Å². The van der Waals surface area contributed by atoms with Crippen LogP contribution >= 0.6 is 0 Å². The fourth-order valence-corrected chi connectivity index (χ4v) is 1.69. The number of aromatic nitrogens is 5. The van der Waals surface area contributed by atoms with Gasteiger partial charge in [0.1, 0.15) is 0 Å². The van der Waals surface area contributed by atoms with Crippen molar-refractivity contribution in [2.24, 2.45) is 0 Å². The number of tetrazole rings is 1. The lowest BCUT2D eigenvalue weighted by molar-refractivity contribution is 0.0696. The second-order valence-electron chi connectivity index (χ2n) is 3.97. The quantitative estimate of drug-likeness (QED) is 0.756. The molecule has 0 bridgehead atoms. The number of hydrogen-bond donors (Lipinski definition) is 1. The zero-order valence-electron chi connectivity index (χ0n) is 10.8. The van der Waals surface area contributed by atoms with Crippen molar-refractivity contribution in [2.45, 2.75) is 0 Å². The third-order valence-electron chi connectivity index (χ3n) is 2.67. The maximum Gasteiger partial charge on any atom is 0.335 e. The summed E-state index contributed by atoms with van der Waals surface area (Å²) in [5, 5.41) is 23.9. The number of ether oxygens (including phenoxy) is 2. The maximum absolute atomic E-state index is 11.0. The van der Waals surface area contributed by atoms with Gasteiger partial charge in [0.25, 0.3) is 0 Å². The highest BCUT2D eigenvalue weighted by Crippen LogP contribution is 2.31. The van der Waals surface area contributed by atoms with Crippen LogP contribution in [0.2, 0.25) is 0 Å². The second kappa shape index (κ2) is 5.04. The van der Waals surface area contributed by atoms with Crippen LogP contribution in [0.3, 0.4) is 0 Å². The first-order valence-electron chi connectivity index (χ1n) is 5.82. The summed E-state index contributed by atoms with van der Waals surface area (Å²) in [6, 6.07) is 7.47. The monoisotopic (exact) mass is 287 g/mol. The Balaban J connectivity index is 1.98. The minimum absolute atomic E-state index is 0.0781. The number of hydrogen-bond acceptors (Lipinski definition) is 7. The van der Waals surface area contributed by atoms with E-state index in [0.717, 1.165) is 0 Å². The third-order valence-corrected chi connectivity index (χ3v) is 2.67. The molecule has 0 aliphatic rings. The Morgan fingerprint density at radius 3 is 2.86 bits per heavy atom. The van der Waals surface area contributed by atoms with Gasteiger partial charge in [-0.25, -0.2) is 4.79 Å². The Bertz CT molecular complexity index is 816. The zero-order chi connectivity index (χ0) is 14.8. The molecule has 0 spiro atoms. The van der Waals surface area contributed by atoms with Gasteiger partial charge in [0, 0.05) is 6.07 Å². The first-order chi connectivity index (χ1) is 10.2. The van der Waals surface area contributed by atoms with Gasteiger partial charge in [0.2, 0.25) is 5.88 Å². The van der Waals surface area contributed by atoms with E-state index in [4.69, 9.17) is 14.6 Å². The van der Waals surface area contributed by atoms with Gasteiger partial charge in [-0.2, -0.15) is 0 Å². The summed E-state index contributed by atoms with van der Waals surface area (Å²) in [6.45, 7) is 0. The van der Waals surface area contributed by atoms with Crippen molar-refractivity contribution in [1.29, 1.82) is 0 Å². The minimum Gasteiger partial charge on any atom is -0.493 e.